The molecule has 1 N–H and O–H groups in total. The molecule has 1 atom stereocenters. The number of benzene rings is 1. The first kappa shape index (κ1) is 15.3. The minimum Gasteiger partial charge on any atom is -0.488 e. The quantitative estimate of drug-likeness (QED) is 0.847. The topological polar surface area (TPSA) is 43.4 Å². The molecule has 112 valence electrons. The first-order valence-corrected chi connectivity index (χ1v) is 7.19. The van der Waals surface area contributed by atoms with Crippen molar-refractivity contribution in [3.05, 3.63) is 53.7 Å². The predicted octanol–water partition coefficient (Wildman–Crippen LogP) is 3.34. The molecular weight excluding hydrogens is 264 g/mol. The summed E-state index contributed by atoms with van der Waals surface area (Å²) in [5.74, 6) is 1.49. The molecule has 2 rings (SSSR count). The zero-order valence-corrected chi connectivity index (χ0v) is 12.8. The molecular formula is C17H22N2O2. The van der Waals surface area contributed by atoms with Gasteiger partial charge in [-0.05, 0) is 31.7 Å². The van der Waals surface area contributed by atoms with Crippen LogP contribution in [-0.2, 0) is 6.61 Å². The predicted molar refractivity (Wildman–Crippen MR) is 83.7 cm³/mol. The lowest BCUT2D eigenvalue weighted by molar-refractivity contribution is 0.288. The zero-order chi connectivity index (χ0) is 15.1. The van der Waals surface area contributed by atoms with Crippen LogP contribution in [-0.4, -0.2) is 18.6 Å². The number of para-hydroxylation sites is 1. The second kappa shape index (κ2) is 7.64. The van der Waals surface area contributed by atoms with E-state index in [-0.39, 0.29) is 6.04 Å². The monoisotopic (exact) mass is 286 g/mol. The molecule has 0 fully saturated rings. The van der Waals surface area contributed by atoms with Crippen LogP contribution in [0.15, 0.2) is 42.6 Å². The van der Waals surface area contributed by atoms with Crippen molar-refractivity contribution in [2.24, 2.45) is 0 Å². The molecule has 0 bridgehead atoms. The summed E-state index contributed by atoms with van der Waals surface area (Å²) >= 11 is 0. The third-order valence-corrected chi connectivity index (χ3v) is 3.32. The Morgan fingerprint density at radius 2 is 2.00 bits per heavy atom. The second-order valence-electron chi connectivity index (χ2n) is 4.78. The van der Waals surface area contributed by atoms with Gasteiger partial charge in [0.15, 0.2) is 0 Å². The minimum absolute atomic E-state index is 0.252. The number of pyridine rings is 1. The van der Waals surface area contributed by atoms with E-state index in [1.807, 2.05) is 30.3 Å². The largest absolute Gasteiger partial charge is 0.488 e. The molecule has 0 aliphatic carbocycles. The van der Waals surface area contributed by atoms with Gasteiger partial charge in [-0.25, -0.2) is 4.98 Å². The van der Waals surface area contributed by atoms with Crippen molar-refractivity contribution in [3.8, 4) is 11.6 Å². The fraction of sp³-hybridized carbons (Fsp3) is 0.353. The number of hydrogen-bond acceptors (Lipinski definition) is 4. The Labute approximate surface area is 126 Å². The maximum absolute atomic E-state index is 5.97. The molecule has 0 aliphatic heterocycles. The third-order valence-electron chi connectivity index (χ3n) is 3.32. The van der Waals surface area contributed by atoms with Crippen LogP contribution in [0.5, 0.6) is 11.6 Å². The zero-order valence-electron chi connectivity index (χ0n) is 12.8. The summed E-state index contributed by atoms with van der Waals surface area (Å²) in [4.78, 5) is 4.18. The standard InChI is InChI=1S/C17H22N2O2/c1-4-18-13(2)15-9-5-6-10-16(15)21-12-14-8-7-11-19-17(14)20-3/h5-11,13,18H,4,12H2,1-3H3. The van der Waals surface area contributed by atoms with Gasteiger partial charge in [0.1, 0.15) is 12.4 Å². The molecule has 1 unspecified atom stereocenters. The van der Waals surface area contributed by atoms with Gasteiger partial charge in [0.05, 0.1) is 12.7 Å². The molecule has 2 aromatic rings. The molecule has 0 amide bonds. The molecule has 21 heavy (non-hydrogen) atoms. The van der Waals surface area contributed by atoms with Crippen molar-refractivity contribution in [3.63, 3.8) is 0 Å². The fourth-order valence-corrected chi connectivity index (χ4v) is 2.26. The Bertz CT molecular complexity index is 572. The highest BCUT2D eigenvalue weighted by Crippen LogP contribution is 2.26. The van der Waals surface area contributed by atoms with E-state index < -0.39 is 0 Å². The molecule has 0 radical (unpaired) electrons. The smallest absolute Gasteiger partial charge is 0.219 e. The van der Waals surface area contributed by atoms with Crippen LogP contribution in [0.3, 0.4) is 0 Å². The van der Waals surface area contributed by atoms with E-state index in [9.17, 15) is 0 Å². The Balaban J connectivity index is 2.13. The Kier molecular flexibility index (Phi) is 5.58. The Morgan fingerprint density at radius 3 is 2.76 bits per heavy atom. The number of rotatable bonds is 7. The minimum atomic E-state index is 0.252. The van der Waals surface area contributed by atoms with Gasteiger partial charge in [0, 0.05) is 17.8 Å². The number of ether oxygens (including phenoxy) is 2. The molecule has 1 aromatic heterocycles. The molecule has 1 heterocycles. The molecule has 0 saturated heterocycles. The lowest BCUT2D eigenvalue weighted by atomic mass is 10.1. The summed E-state index contributed by atoms with van der Waals surface area (Å²) in [5, 5.41) is 3.41. The molecule has 0 spiro atoms. The van der Waals surface area contributed by atoms with Crippen LogP contribution in [0, 0.1) is 0 Å². The number of aromatic nitrogens is 1. The summed E-state index contributed by atoms with van der Waals surface area (Å²) in [6, 6.07) is 12.2. The number of methoxy groups -OCH3 is 1. The lowest BCUT2D eigenvalue weighted by Crippen LogP contribution is -2.18. The number of nitrogens with one attached hydrogen (secondary N) is 1. The van der Waals surface area contributed by atoms with Crippen LogP contribution in [0.1, 0.15) is 31.0 Å². The van der Waals surface area contributed by atoms with E-state index in [4.69, 9.17) is 9.47 Å². The summed E-state index contributed by atoms with van der Waals surface area (Å²) in [6.07, 6.45) is 1.71. The van der Waals surface area contributed by atoms with Crippen LogP contribution < -0.4 is 14.8 Å². The van der Waals surface area contributed by atoms with Crippen LogP contribution in [0.2, 0.25) is 0 Å². The van der Waals surface area contributed by atoms with E-state index in [1.165, 1.54) is 0 Å². The highest BCUT2D eigenvalue weighted by atomic mass is 16.5. The first-order valence-electron chi connectivity index (χ1n) is 7.19. The van der Waals surface area contributed by atoms with Crippen LogP contribution in [0.25, 0.3) is 0 Å². The van der Waals surface area contributed by atoms with Gasteiger partial charge in [0.25, 0.3) is 0 Å². The highest BCUT2D eigenvalue weighted by molar-refractivity contribution is 5.36. The number of nitrogens with zero attached hydrogens (tertiary/aromatic N) is 1. The van der Waals surface area contributed by atoms with Crippen molar-refractivity contribution >= 4 is 0 Å². The van der Waals surface area contributed by atoms with E-state index in [1.54, 1.807) is 13.3 Å². The van der Waals surface area contributed by atoms with E-state index >= 15 is 0 Å². The summed E-state index contributed by atoms with van der Waals surface area (Å²) in [6.45, 7) is 5.59. The van der Waals surface area contributed by atoms with Gasteiger partial charge >= 0.3 is 0 Å². The summed E-state index contributed by atoms with van der Waals surface area (Å²) in [5.41, 5.74) is 2.09. The van der Waals surface area contributed by atoms with Crippen LogP contribution >= 0.6 is 0 Å². The maximum atomic E-state index is 5.97. The molecule has 0 aliphatic rings. The average Bonchev–Trinajstić information content (AvgIpc) is 2.53. The average molecular weight is 286 g/mol. The van der Waals surface area contributed by atoms with Gasteiger partial charge in [-0.2, -0.15) is 0 Å². The highest BCUT2D eigenvalue weighted by Gasteiger charge is 2.11. The van der Waals surface area contributed by atoms with Gasteiger partial charge in [-0.1, -0.05) is 25.1 Å². The van der Waals surface area contributed by atoms with E-state index in [0.717, 1.165) is 23.4 Å². The molecule has 0 saturated carbocycles. The maximum Gasteiger partial charge on any atom is 0.219 e. The molecule has 4 heteroatoms. The lowest BCUT2D eigenvalue weighted by Gasteiger charge is -2.18. The number of hydrogen-bond donors (Lipinski definition) is 1. The Morgan fingerprint density at radius 1 is 1.19 bits per heavy atom. The fourth-order valence-electron chi connectivity index (χ4n) is 2.26. The summed E-state index contributed by atoms with van der Waals surface area (Å²) in [7, 11) is 1.62. The van der Waals surface area contributed by atoms with E-state index in [0.29, 0.717) is 12.5 Å². The second-order valence-corrected chi connectivity index (χ2v) is 4.78. The Hall–Kier alpha value is -2.07. The van der Waals surface area contributed by atoms with Gasteiger partial charge in [-0.15, -0.1) is 0 Å². The molecule has 4 nitrogen and oxygen atoms in total. The van der Waals surface area contributed by atoms with Crippen LogP contribution in [0.4, 0.5) is 0 Å². The van der Waals surface area contributed by atoms with Crippen molar-refractivity contribution < 1.29 is 9.47 Å². The van der Waals surface area contributed by atoms with Crippen molar-refractivity contribution in [2.75, 3.05) is 13.7 Å². The summed E-state index contributed by atoms with van der Waals surface area (Å²) < 4.78 is 11.2. The SMILES string of the molecule is CCNC(C)c1ccccc1OCc1cccnc1OC. The van der Waals surface area contributed by atoms with Gasteiger partial charge < -0.3 is 14.8 Å². The third kappa shape index (κ3) is 3.95. The van der Waals surface area contributed by atoms with Crippen molar-refractivity contribution in [1.82, 2.24) is 10.3 Å². The molecule has 1 aromatic carbocycles. The van der Waals surface area contributed by atoms with E-state index in [2.05, 4.69) is 30.2 Å². The first-order chi connectivity index (χ1) is 10.3. The van der Waals surface area contributed by atoms with Crippen molar-refractivity contribution in [1.29, 1.82) is 0 Å². The van der Waals surface area contributed by atoms with Crippen molar-refractivity contribution in [2.45, 2.75) is 26.5 Å². The normalized spacial score (nSPS) is 12.0. The van der Waals surface area contributed by atoms with Gasteiger partial charge in [0.2, 0.25) is 5.88 Å². The van der Waals surface area contributed by atoms with Gasteiger partial charge in [-0.3, -0.25) is 0 Å².